The van der Waals surface area contributed by atoms with Crippen LogP contribution in [0.5, 0.6) is 0 Å². The minimum absolute atomic E-state index is 0.119. The third-order valence-electron chi connectivity index (χ3n) is 3.11. The number of hydrogen-bond acceptors (Lipinski definition) is 4. The number of thiazole rings is 1. The largest absolute Gasteiger partial charge is 0.350 e. The molecule has 0 saturated heterocycles. The van der Waals surface area contributed by atoms with Gasteiger partial charge in [-0.2, -0.15) is 0 Å². The molecular weight excluding hydrogens is 310 g/mol. The molecule has 1 aromatic heterocycles. The lowest BCUT2D eigenvalue weighted by Crippen LogP contribution is -2.28. The van der Waals surface area contributed by atoms with Crippen LogP contribution in [0.3, 0.4) is 0 Å². The second-order valence-corrected chi connectivity index (χ2v) is 6.99. The quantitative estimate of drug-likeness (QED) is 0.881. The van der Waals surface area contributed by atoms with Crippen LogP contribution in [-0.2, 0) is 4.79 Å². The van der Waals surface area contributed by atoms with Gasteiger partial charge in [0.2, 0.25) is 5.91 Å². The van der Waals surface area contributed by atoms with E-state index in [9.17, 15) is 9.59 Å². The van der Waals surface area contributed by atoms with Crippen molar-refractivity contribution in [2.24, 2.45) is 5.92 Å². The molecule has 1 aromatic carbocycles. The van der Waals surface area contributed by atoms with Crippen LogP contribution < -0.4 is 10.6 Å². The molecule has 5 nitrogen and oxygen atoms in total. The van der Waals surface area contributed by atoms with Crippen LogP contribution in [0.25, 0.3) is 10.6 Å². The summed E-state index contributed by atoms with van der Waals surface area (Å²) in [5.74, 6) is 0.134. The molecule has 0 unspecified atom stereocenters. The molecule has 122 valence electrons. The predicted molar refractivity (Wildman–Crippen MR) is 93.8 cm³/mol. The van der Waals surface area contributed by atoms with E-state index in [0.29, 0.717) is 23.8 Å². The standard InChI is InChI=1S/C17H21N3O2S/c1-10(2)9-18-16(22)15-11(3)23-17(20-15)13-6-5-7-14(8-13)19-12(4)21/h5-8,10H,9H2,1-4H3,(H,18,22)(H,19,21). The number of amides is 2. The van der Waals surface area contributed by atoms with Gasteiger partial charge in [0.15, 0.2) is 0 Å². The van der Waals surface area contributed by atoms with Crippen molar-refractivity contribution in [3.05, 3.63) is 34.8 Å². The third-order valence-corrected chi connectivity index (χ3v) is 4.13. The van der Waals surface area contributed by atoms with E-state index >= 15 is 0 Å². The van der Waals surface area contributed by atoms with Crippen LogP contribution in [0.4, 0.5) is 5.69 Å². The van der Waals surface area contributed by atoms with Gasteiger partial charge in [0.1, 0.15) is 10.7 Å². The van der Waals surface area contributed by atoms with Crippen molar-refractivity contribution < 1.29 is 9.59 Å². The number of nitrogens with zero attached hydrogens (tertiary/aromatic N) is 1. The Hall–Kier alpha value is -2.21. The summed E-state index contributed by atoms with van der Waals surface area (Å²) in [6.07, 6.45) is 0. The molecule has 2 N–H and O–H groups in total. The first kappa shape index (κ1) is 17.1. The lowest BCUT2D eigenvalue weighted by molar-refractivity contribution is -0.114. The highest BCUT2D eigenvalue weighted by Crippen LogP contribution is 2.29. The van der Waals surface area contributed by atoms with Gasteiger partial charge in [-0.05, 0) is 25.0 Å². The van der Waals surface area contributed by atoms with Gasteiger partial charge in [-0.15, -0.1) is 11.3 Å². The summed E-state index contributed by atoms with van der Waals surface area (Å²) in [6.45, 7) is 8.09. The van der Waals surface area contributed by atoms with Crippen LogP contribution in [0.2, 0.25) is 0 Å². The van der Waals surface area contributed by atoms with Gasteiger partial charge < -0.3 is 10.6 Å². The van der Waals surface area contributed by atoms with Crippen molar-refractivity contribution in [2.45, 2.75) is 27.7 Å². The summed E-state index contributed by atoms with van der Waals surface area (Å²) in [5, 5.41) is 6.41. The zero-order valence-corrected chi connectivity index (χ0v) is 14.6. The summed E-state index contributed by atoms with van der Waals surface area (Å²) in [6, 6.07) is 7.45. The van der Waals surface area contributed by atoms with Gasteiger partial charge in [0.25, 0.3) is 5.91 Å². The highest BCUT2D eigenvalue weighted by molar-refractivity contribution is 7.15. The van der Waals surface area contributed by atoms with Crippen LogP contribution in [0, 0.1) is 12.8 Å². The number of rotatable bonds is 5. The number of nitrogens with one attached hydrogen (secondary N) is 2. The minimum Gasteiger partial charge on any atom is -0.350 e. The topological polar surface area (TPSA) is 71.1 Å². The fraction of sp³-hybridized carbons (Fsp3) is 0.353. The highest BCUT2D eigenvalue weighted by atomic mass is 32.1. The second kappa shape index (κ2) is 7.37. The number of hydrogen-bond donors (Lipinski definition) is 2. The third kappa shape index (κ3) is 4.63. The Kier molecular flexibility index (Phi) is 5.50. The molecular formula is C17H21N3O2S. The maximum atomic E-state index is 12.2. The fourth-order valence-electron chi connectivity index (χ4n) is 2.04. The van der Waals surface area contributed by atoms with Crippen molar-refractivity contribution in [3.8, 4) is 10.6 Å². The van der Waals surface area contributed by atoms with Crippen molar-refractivity contribution in [3.63, 3.8) is 0 Å². The van der Waals surface area contributed by atoms with Gasteiger partial charge in [0.05, 0.1) is 0 Å². The molecule has 0 spiro atoms. The Balaban J connectivity index is 2.23. The summed E-state index contributed by atoms with van der Waals surface area (Å²) in [4.78, 5) is 28.7. The summed E-state index contributed by atoms with van der Waals surface area (Å²) in [7, 11) is 0. The van der Waals surface area contributed by atoms with Crippen molar-refractivity contribution in [2.75, 3.05) is 11.9 Å². The van der Waals surface area contributed by atoms with Gasteiger partial charge in [-0.25, -0.2) is 4.98 Å². The molecule has 1 heterocycles. The first-order valence-corrected chi connectivity index (χ1v) is 8.32. The molecule has 0 radical (unpaired) electrons. The lowest BCUT2D eigenvalue weighted by atomic mass is 10.2. The van der Waals surface area contributed by atoms with E-state index in [1.54, 1.807) is 0 Å². The number of aromatic nitrogens is 1. The molecule has 0 bridgehead atoms. The van der Waals surface area contributed by atoms with E-state index in [1.165, 1.54) is 18.3 Å². The number of anilines is 1. The predicted octanol–water partition coefficient (Wildman–Crippen LogP) is 3.46. The van der Waals surface area contributed by atoms with Crippen molar-refractivity contribution in [1.82, 2.24) is 10.3 Å². The van der Waals surface area contributed by atoms with Crippen LogP contribution in [-0.4, -0.2) is 23.3 Å². The molecule has 2 aromatic rings. The van der Waals surface area contributed by atoms with Crippen LogP contribution >= 0.6 is 11.3 Å². The van der Waals surface area contributed by atoms with E-state index in [0.717, 1.165) is 15.4 Å². The van der Waals surface area contributed by atoms with E-state index in [2.05, 4.69) is 15.6 Å². The Morgan fingerprint density at radius 1 is 1.30 bits per heavy atom. The summed E-state index contributed by atoms with van der Waals surface area (Å²) >= 11 is 1.47. The normalized spacial score (nSPS) is 10.7. The summed E-state index contributed by atoms with van der Waals surface area (Å²) in [5.41, 5.74) is 2.07. The first-order valence-electron chi connectivity index (χ1n) is 7.50. The second-order valence-electron chi connectivity index (χ2n) is 5.79. The van der Waals surface area contributed by atoms with Crippen LogP contribution in [0.15, 0.2) is 24.3 Å². The van der Waals surface area contributed by atoms with Crippen LogP contribution in [0.1, 0.15) is 36.1 Å². The van der Waals surface area contributed by atoms with Crippen molar-refractivity contribution in [1.29, 1.82) is 0 Å². The Morgan fingerprint density at radius 2 is 2.04 bits per heavy atom. The minimum atomic E-state index is -0.142. The fourth-order valence-corrected chi connectivity index (χ4v) is 2.95. The SMILES string of the molecule is CC(=O)Nc1cccc(-c2nc(C(=O)NCC(C)C)c(C)s2)c1. The first-order chi connectivity index (χ1) is 10.9. The number of benzene rings is 1. The maximum Gasteiger partial charge on any atom is 0.271 e. The van der Waals surface area contributed by atoms with E-state index < -0.39 is 0 Å². The number of aryl methyl sites for hydroxylation is 1. The zero-order chi connectivity index (χ0) is 17.0. The molecule has 2 rings (SSSR count). The van der Waals surface area contributed by atoms with Gasteiger partial charge in [-0.1, -0.05) is 26.0 Å². The molecule has 6 heteroatoms. The smallest absolute Gasteiger partial charge is 0.271 e. The van der Waals surface area contributed by atoms with Gasteiger partial charge in [-0.3, -0.25) is 9.59 Å². The average molecular weight is 331 g/mol. The van der Waals surface area contributed by atoms with Gasteiger partial charge >= 0.3 is 0 Å². The van der Waals surface area contributed by atoms with E-state index in [4.69, 9.17) is 0 Å². The molecule has 0 fully saturated rings. The number of carbonyl (C=O) groups is 2. The lowest BCUT2D eigenvalue weighted by Gasteiger charge is -2.06. The molecule has 0 aliphatic carbocycles. The number of carbonyl (C=O) groups excluding carboxylic acids is 2. The molecule has 0 saturated carbocycles. The van der Waals surface area contributed by atoms with E-state index in [1.807, 2.05) is 45.0 Å². The molecule has 2 amide bonds. The Morgan fingerprint density at radius 3 is 2.70 bits per heavy atom. The monoisotopic (exact) mass is 331 g/mol. The van der Waals surface area contributed by atoms with E-state index in [-0.39, 0.29) is 11.8 Å². The molecule has 23 heavy (non-hydrogen) atoms. The van der Waals surface area contributed by atoms with Gasteiger partial charge in [0, 0.05) is 29.6 Å². The summed E-state index contributed by atoms with van der Waals surface area (Å²) < 4.78 is 0. The molecule has 0 aliphatic rings. The maximum absolute atomic E-state index is 12.2. The zero-order valence-electron chi connectivity index (χ0n) is 13.8. The average Bonchev–Trinajstić information content (AvgIpc) is 2.86. The Bertz CT molecular complexity index is 722. The molecule has 0 aliphatic heterocycles. The Labute approximate surface area is 140 Å². The molecule has 0 atom stereocenters. The highest BCUT2D eigenvalue weighted by Gasteiger charge is 2.16. The van der Waals surface area contributed by atoms with Crippen molar-refractivity contribution >= 4 is 28.8 Å².